The van der Waals surface area contributed by atoms with Crippen molar-refractivity contribution in [2.24, 2.45) is 0 Å². The van der Waals surface area contributed by atoms with Gasteiger partial charge in [-0.2, -0.15) is 0 Å². The molecule has 0 spiro atoms. The third-order valence-electron chi connectivity index (χ3n) is 4.75. The number of carbonyl (C=O) groups excluding carboxylic acids is 2. The molecule has 2 rings (SSSR count). The number of ether oxygens (including phenoxy) is 3. The first kappa shape index (κ1) is 23.2. The highest BCUT2D eigenvalue weighted by atomic mass is 16.5. The molecule has 1 amide bonds. The Labute approximate surface area is 177 Å². The summed E-state index contributed by atoms with van der Waals surface area (Å²) in [6.45, 7) is 5.75. The van der Waals surface area contributed by atoms with E-state index in [0.29, 0.717) is 23.0 Å². The van der Waals surface area contributed by atoms with Crippen LogP contribution in [0.15, 0.2) is 48.5 Å². The molecule has 162 valence electrons. The molecule has 0 saturated carbocycles. The van der Waals surface area contributed by atoms with Gasteiger partial charge in [-0.25, -0.2) is 4.79 Å². The minimum Gasteiger partial charge on any atom is -0.497 e. The lowest BCUT2D eigenvalue weighted by Crippen LogP contribution is -2.49. The summed E-state index contributed by atoms with van der Waals surface area (Å²) in [5.41, 5.74) is 1.59. The zero-order chi connectivity index (χ0) is 22.3. The Bertz CT molecular complexity index is 832. The van der Waals surface area contributed by atoms with E-state index in [1.807, 2.05) is 12.1 Å². The van der Waals surface area contributed by atoms with Crippen molar-refractivity contribution < 1.29 is 28.9 Å². The van der Waals surface area contributed by atoms with Gasteiger partial charge in [-0.1, -0.05) is 38.1 Å². The Morgan fingerprint density at radius 3 is 1.90 bits per heavy atom. The van der Waals surface area contributed by atoms with E-state index in [-0.39, 0.29) is 0 Å². The van der Waals surface area contributed by atoms with E-state index < -0.39 is 30.1 Å². The van der Waals surface area contributed by atoms with Crippen molar-refractivity contribution in [2.75, 3.05) is 14.2 Å². The minimum absolute atomic E-state index is 0.389. The molecule has 0 bridgehead atoms. The van der Waals surface area contributed by atoms with Crippen LogP contribution >= 0.6 is 0 Å². The number of amides is 1. The summed E-state index contributed by atoms with van der Waals surface area (Å²) in [5.74, 6) is 0.216. The highest BCUT2D eigenvalue weighted by Gasteiger charge is 2.32. The summed E-state index contributed by atoms with van der Waals surface area (Å²) in [7, 11) is 2.72. The van der Waals surface area contributed by atoms with Crippen LogP contribution in [0, 0.1) is 0 Å². The van der Waals surface area contributed by atoms with E-state index in [2.05, 4.69) is 19.2 Å². The molecule has 0 aliphatic heterocycles. The van der Waals surface area contributed by atoms with Crippen molar-refractivity contribution in [1.29, 1.82) is 0 Å². The number of hydrogen-bond acceptors (Lipinski definition) is 6. The smallest absolute Gasteiger partial charge is 0.331 e. The van der Waals surface area contributed by atoms with E-state index in [0.717, 1.165) is 5.56 Å². The molecule has 2 N–H and O–H groups in total. The van der Waals surface area contributed by atoms with Crippen molar-refractivity contribution in [3.05, 3.63) is 59.7 Å². The van der Waals surface area contributed by atoms with Crippen molar-refractivity contribution >= 4 is 11.9 Å². The Hall–Kier alpha value is -3.06. The lowest BCUT2D eigenvalue weighted by molar-refractivity contribution is -0.149. The summed E-state index contributed by atoms with van der Waals surface area (Å²) < 4.78 is 15.5. The van der Waals surface area contributed by atoms with Gasteiger partial charge < -0.3 is 24.6 Å². The van der Waals surface area contributed by atoms with E-state index in [1.165, 1.54) is 14.2 Å². The lowest BCUT2D eigenvalue weighted by Gasteiger charge is -2.24. The van der Waals surface area contributed by atoms with Crippen LogP contribution in [0.3, 0.4) is 0 Å². The summed E-state index contributed by atoms with van der Waals surface area (Å²) >= 11 is 0. The molecule has 0 aliphatic rings. The summed E-state index contributed by atoms with van der Waals surface area (Å²) in [5, 5.41) is 13.2. The van der Waals surface area contributed by atoms with Gasteiger partial charge in [0.05, 0.1) is 14.2 Å². The van der Waals surface area contributed by atoms with E-state index in [4.69, 9.17) is 14.2 Å². The molecule has 0 fully saturated rings. The number of benzene rings is 2. The number of esters is 1. The van der Waals surface area contributed by atoms with Crippen LogP contribution in [0.2, 0.25) is 0 Å². The normalized spacial score (nSPS) is 13.8. The average molecular weight is 415 g/mol. The van der Waals surface area contributed by atoms with Crippen molar-refractivity contribution in [2.45, 2.75) is 44.9 Å². The topological polar surface area (TPSA) is 94.1 Å². The second-order valence-electron chi connectivity index (χ2n) is 7.21. The molecule has 30 heavy (non-hydrogen) atoms. The highest BCUT2D eigenvalue weighted by molar-refractivity contribution is 5.87. The first-order valence-corrected chi connectivity index (χ1v) is 9.73. The van der Waals surface area contributed by atoms with Crippen LogP contribution in [0.25, 0.3) is 0 Å². The molecule has 2 aromatic carbocycles. The van der Waals surface area contributed by atoms with Crippen molar-refractivity contribution in [3.63, 3.8) is 0 Å². The number of rotatable bonds is 9. The molecule has 0 radical (unpaired) electrons. The zero-order valence-corrected chi connectivity index (χ0v) is 17.9. The van der Waals surface area contributed by atoms with E-state index in [1.54, 1.807) is 43.3 Å². The number of nitrogens with one attached hydrogen (secondary N) is 1. The van der Waals surface area contributed by atoms with Gasteiger partial charge in [0.1, 0.15) is 17.6 Å². The number of carbonyl (C=O) groups is 2. The largest absolute Gasteiger partial charge is 0.497 e. The van der Waals surface area contributed by atoms with Gasteiger partial charge in [0.25, 0.3) is 5.91 Å². The average Bonchev–Trinajstić information content (AvgIpc) is 2.76. The van der Waals surface area contributed by atoms with Crippen LogP contribution in [-0.4, -0.2) is 43.3 Å². The Morgan fingerprint density at radius 2 is 1.40 bits per heavy atom. The molecule has 3 atom stereocenters. The minimum atomic E-state index is -1.30. The number of aliphatic hydroxyl groups excluding tert-OH is 1. The van der Waals surface area contributed by atoms with Gasteiger partial charge in [-0.3, -0.25) is 4.79 Å². The fraction of sp³-hybridized carbons (Fsp3) is 0.391. The standard InChI is InChI=1S/C23H29NO6/c1-14(2)16-6-12-19(13-7-16)30-15(3)22(26)24-20(23(27)29-5)21(25)17-8-10-18(28-4)11-9-17/h6-15,20-21,25H,1-5H3,(H,24,26). The van der Waals surface area contributed by atoms with Crippen LogP contribution < -0.4 is 14.8 Å². The molecule has 0 heterocycles. The van der Waals surface area contributed by atoms with E-state index in [9.17, 15) is 14.7 Å². The summed E-state index contributed by atoms with van der Waals surface area (Å²) in [6.07, 6.45) is -2.19. The molecule has 7 heteroatoms. The maximum absolute atomic E-state index is 12.6. The number of methoxy groups -OCH3 is 2. The van der Waals surface area contributed by atoms with Gasteiger partial charge in [0.2, 0.25) is 0 Å². The first-order chi connectivity index (χ1) is 14.3. The first-order valence-electron chi connectivity index (χ1n) is 9.73. The maximum Gasteiger partial charge on any atom is 0.331 e. The molecule has 0 saturated heterocycles. The second-order valence-corrected chi connectivity index (χ2v) is 7.21. The van der Waals surface area contributed by atoms with Crippen molar-refractivity contribution in [3.8, 4) is 11.5 Å². The lowest BCUT2D eigenvalue weighted by atomic mass is 10.0. The molecule has 3 unspecified atom stereocenters. The summed E-state index contributed by atoms with van der Waals surface area (Å²) in [4.78, 5) is 24.8. The third kappa shape index (κ3) is 5.97. The monoisotopic (exact) mass is 415 g/mol. The molecule has 7 nitrogen and oxygen atoms in total. The quantitative estimate of drug-likeness (QED) is 0.612. The Kier molecular flexibility index (Phi) is 8.24. The fourth-order valence-corrected chi connectivity index (χ4v) is 2.85. The molecule has 0 aromatic heterocycles. The predicted octanol–water partition coefficient (Wildman–Crippen LogP) is 2.98. The molecular weight excluding hydrogens is 386 g/mol. The predicted molar refractivity (Wildman–Crippen MR) is 113 cm³/mol. The Morgan fingerprint density at radius 1 is 0.867 bits per heavy atom. The van der Waals surface area contributed by atoms with E-state index >= 15 is 0 Å². The van der Waals surface area contributed by atoms with Crippen LogP contribution in [0.4, 0.5) is 0 Å². The molecule has 0 aliphatic carbocycles. The molecule has 2 aromatic rings. The maximum atomic E-state index is 12.6. The third-order valence-corrected chi connectivity index (χ3v) is 4.75. The molecular formula is C23H29NO6. The zero-order valence-electron chi connectivity index (χ0n) is 17.9. The van der Waals surface area contributed by atoms with Crippen LogP contribution in [0.5, 0.6) is 11.5 Å². The fourth-order valence-electron chi connectivity index (χ4n) is 2.85. The van der Waals surface area contributed by atoms with Gasteiger partial charge >= 0.3 is 5.97 Å². The second kappa shape index (κ2) is 10.6. The summed E-state index contributed by atoms with van der Waals surface area (Å²) in [6, 6.07) is 12.7. The SMILES string of the molecule is COC(=O)C(NC(=O)C(C)Oc1ccc(C(C)C)cc1)C(O)c1ccc(OC)cc1. The van der Waals surface area contributed by atoms with Crippen LogP contribution in [0.1, 0.15) is 43.9 Å². The van der Waals surface area contributed by atoms with Crippen LogP contribution in [-0.2, 0) is 14.3 Å². The number of aliphatic hydroxyl groups is 1. The van der Waals surface area contributed by atoms with Gasteiger partial charge in [0.15, 0.2) is 12.1 Å². The van der Waals surface area contributed by atoms with Gasteiger partial charge in [0, 0.05) is 0 Å². The Balaban J connectivity index is 2.08. The number of hydrogen-bond donors (Lipinski definition) is 2. The van der Waals surface area contributed by atoms with Gasteiger partial charge in [-0.05, 0) is 48.2 Å². The highest BCUT2D eigenvalue weighted by Crippen LogP contribution is 2.22. The van der Waals surface area contributed by atoms with Crippen molar-refractivity contribution in [1.82, 2.24) is 5.32 Å². The van der Waals surface area contributed by atoms with Gasteiger partial charge in [-0.15, -0.1) is 0 Å².